The maximum absolute atomic E-state index is 6.41. The summed E-state index contributed by atoms with van der Waals surface area (Å²) in [4.78, 5) is 16.0. The van der Waals surface area contributed by atoms with Crippen LogP contribution in [0.3, 0.4) is 0 Å². The Labute approximate surface area is 229 Å². The van der Waals surface area contributed by atoms with Gasteiger partial charge in [-0.15, -0.1) is 0 Å². The molecule has 0 amide bonds. The van der Waals surface area contributed by atoms with Gasteiger partial charge in [-0.25, -0.2) is 9.97 Å². The summed E-state index contributed by atoms with van der Waals surface area (Å²) in [7, 11) is 2.25. The number of nitrogens with two attached hydrogens (primary N) is 1. The molecule has 1 aliphatic carbocycles. The Morgan fingerprint density at radius 2 is 1.62 bits per heavy atom. The van der Waals surface area contributed by atoms with Gasteiger partial charge in [-0.2, -0.15) is 0 Å². The lowest BCUT2D eigenvalue weighted by Crippen LogP contribution is -2.36. The first kappa shape index (κ1) is 25.1. The molecular weight excluding hydrogens is 484 g/mol. The molecule has 5 aromatic rings. The van der Waals surface area contributed by atoms with Crippen LogP contribution in [0.4, 0.5) is 5.82 Å². The van der Waals surface area contributed by atoms with Crippen LogP contribution >= 0.6 is 0 Å². The predicted octanol–water partition coefficient (Wildman–Crippen LogP) is 6.53. The molecule has 0 unspecified atom stereocenters. The molecule has 0 bridgehead atoms. The summed E-state index contributed by atoms with van der Waals surface area (Å²) in [6, 6.07) is 25.1. The number of nitrogens with zero attached hydrogens (tertiary/aromatic N) is 5. The first-order chi connectivity index (χ1) is 19.2. The monoisotopic (exact) mass is 518 g/mol. The first-order valence-electron chi connectivity index (χ1n) is 13.7. The van der Waals surface area contributed by atoms with Crippen molar-refractivity contribution in [1.82, 2.24) is 24.4 Å². The van der Waals surface area contributed by atoms with Crippen LogP contribution < -0.4 is 10.5 Å². The normalized spacial score (nSPS) is 17.5. The van der Waals surface area contributed by atoms with E-state index in [-0.39, 0.29) is 0 Å². The van der Waals surface area contributed by atoms with Crippen molar-refractivity contribution in [3.8, 4) is 22.6 Å². The van der Waals surface area contributed by atoms with E-state index in [1.165, 1.54) is 0 Å². The zero-order valence-corrected chi connectivity index (χ0v) is 22.3. The Morgan fingerprint density at radius 3 is 2.36 bits per heavy atom. The van der Waals surface area contributed by atoms with E-state index in [0.29, 0.717) is 17.9 Å². The summed E-state index contributed by atoms with van der Waals surface area (Å²) in [6.45, 7) is 1.02. The lowest BCUT2D eigenvalue weighted by Gasteiger charge is -2.35. The van der Waals surface area contributed by atoms with Crippen LogP contribution in [-0.4, -0.2) is 44.1 Å². The maximum atomic E-state index is 6.41. The van der Waals surface area contributed by atoms with Crippen LogP contribution in [0.15, 0.2) is 91.5 Å². The van der Waals surface area contributed by atoms with Gasteiger partial charge in [0, 0.05) is 48.7 Å². The van der Waals surface area contributed by atoms with Gasteiger partial charge in [0.2, 0.25) is 0 Å². The number of nitrogen functional groups attached to an aromatic ring is 1. The van der Waals surface area contributed by atoms with Gasteiger partial charge in [0.15, 0.2) is 0 Å². The van der Waals surface area contributed by atoms with Gasteiger partial charge >= 0.3 is 0 Å². The first-order valence-corrected chi connectivity index (χ1v) is 13.7. The third-order valence-electron chi connectivity index (χ3n) is 7.91. The fourth-order valence-corrected chi connectivity index (χ4v) is 5.73. The Kier molecular flexibility index (Phi) is 7.23. The topological polar surface area (TPSA) is 82.1 Å². The van der Waals surface area contributed by atoms with E-state index >= 15 is 0 Å². The molecule has 0 spiro atoms. The molecule has 3 aromatic heterocycles. The summed E-state index contributed by atoms with van der Waals surface area (Å²) in [5.74, 6) is 2.13. The van der Waals surface area contributed by atoms with Crippen molar-refractivity contribution in [3.63, 3.8) is 0 Å². The van der Waals surface area contributed by atoms with Crippen molar-refractivity contribution in [3.05, 3.63) is 97.2 Å². The molecule has 1 aliphatic rings. The van der Waals surface area contributed by atoms with E-state index in [4.69, 9.17) is 10.5 Å². The molecule has 3 heterocycles. The van der Waals surface area contributed by atoms with Crippen LogP contribution in [0.2, 0.25) is 0 Å². The van der Waals surface area contributed by atoms with Crippen molar-refractivity contribution in [2.24, 2.45) is 0 Å². The van der Waals surface area contributed by atoms with Crippen LogP contribution in [0.25, 0.3) is 22.2 Å². The minimum absolute atomic E-state index is 0.386. The molecule has 2 aromatic carbocycles. The second-order valence-electron chi connectivity index (χ2n) is 10.4. The van der Waals surface area contributed by atoms with Crippen LogP contribution in [0, 0.1) is 0 Å². The number of fused-ring (bicyclic) bond motifs is 1. The summed E-state index contributed by atoms with van der Waals surface area (Å²) in [5.41, 5.74) is 10.6. The van der Waals surface area contributed by atoms with Crippen LogP contribution in [0.5, 0.6) is 11.5 Å². The number of rotatable bonds is 8. The SMILES string of the molecule is CN(CCc1ccccn1)[C@H]1CC[C@H](n2cc(-c3ccc(Oc4ccccc4)cc3)c3c(N)ncnc32)CC1. The Hall–Kier alpha value is -4.23. The molecule has 2 N–H and O–H groups in total. The Morgan fingerprint density at radius 1 is 0.872 bits per heavy atom. The number of benzene rings is 2. The quantitative estimate of drug-likeness (QED) is 0.252. The summed E-state index contributed by atoms with van der Waals surface area (Å²) in [6.07, 6.45) is 11.2. The van der Waals surface area contributed by atoms with E-state index in [9.17, 15) is 0 Å². The fourth-order valence-electron chi connectivity index (χ4n) is 5.73. The second kappa shape index (κ2) is 11.3. The highest BCUT2D eigenvalue weighted by Gasteiger charge is 2.27. The molecule has 0 atom stereocenters. The van der Waals surface area contributed by atoms with Crippen molar-refractivity contribution in [2.45, 2.75) is 44.2 Å². The maximum Gasteiger partial charge on any atom is 0.146 e. The van der Waals surface area contributed by atoms with Crippen molar-refractivity contribution >= 4 is 16.9 Å². The molecule has 1 fully saturated rings. The molecule has 1 saturated carbocycles. The number of hydrogen-bond donors (Lipinski definition) is 1. The molecule has 7 heteroatoms. The fraction of sp³-hybridized carbons (Fsp3) is 0.281. The molecule has 39 heavy (non-hydrogen) atoms. The van der Waals surface area contributed by atoms with Gasteiger partial charge in [-0.05, 0) is 74.7 Å². The van der Waals surface area contributed by atoms with Crippen molar-refractivity contribution in [1.29, 1.82) is 0 Å². The molecule has 0 radical (unpaired) electrons. The highest BCUT2D eigenvalue weighted by molar-refractivity contribution is 6.00. The number of likely N-dealkylation sites (N-methyl/N-ethyl adjacent to an activating group) is 1. The number of ether oxygens (including phenoxy) is 1. The van der Waals surface area contributed by atoms with E-state index in [1.54, 1.807) is 6.33 Å². The van der Waals surface area contributed by atoms with E-state index in [2.05, 4.69) is 61.9 Å². The highest BCUT2D eigenvalue weighted by Crippen LogP contribution is 2.39. The molecule has 0 aliphatic heterocycles. The number of aromatic nitrogens is 4. The zero-order valence-electron chi connectivity index (χ0n) is 22.3. The Bertz CT molecular complexity index is 1510. The summed E-state index contributed by atoms with van der Waals surface area (Å²) in [5, 5.41) is 0.920. The van der Waals surface area contributed by atoms with Gasteiger partial charge < -0.3 is 19.9 Å². The van der Waals surface area contributed by atoms with E-state index in [1.807, 2.05) is 54.7 Å². The summed E-state index contributed by atoms with van der Waals surface area (Å²) < 4.78 is 8.33. The minimum Gasteiger partial charge on any atom is -0.457 e. The number of hydrogen-bond acceptors (Lipinski definition) is 6. The molecule has 198 valence electrons. The third kappa shape index (κ3) is 5.49. The van der Waals surface area contributed by atoms with Crippen molar-refractivity contribution < 1.29 is 4.74 Å². The van der Waals surface area contributed by atoms with E-state index < -0.39 is 0 Å². The van der Waals surface area contributed by atoms with Gasteiger partial charge in [0.1, 0.15) is 29.3 Å². The number of para-hydroxylation sites is 1. The minimum atomic E-state index is 0.386. The van der Waals surface area contributed by atoms with Crippen LogP contribution in [-0.2, 0) is 6.42 Å². The second-order valence-corrected chi connectivity index (χ2v) is 10.4. The van der Waals surface area contributed by atoms with Gasteiger partial charge in [-0.3, -0.25) is 4.98 Å². The predicted molar refractivity (Wildman–Crippen MR) is 156 cm³/mol. The number of anilines is 1. The van der Waals surface area contributed by atoms with Gasteiger partial charge in [0.25, 0.3) is 0 Å². The standard InChI is InChI=1S/C32H34N6O/c1-37(20-18-24-7-5-6-19-34-24)25-12-14-26(15-13-25)38-21-29(30-31(33)35-22-36-32(30)38)23-10-16-28(17-11-23)39-27-8-3-2-4-9-27/h2-11,16-17,19,21-22,25-26H,12-15,18,20H2,1H3,(H2,33,35,36)/t25-,26-. The largest absolute Gasteiger partial charge is 0.457 e. The smallest absolute Gasteiger partial charge is 0.146 e. The number of pyridine rings is 1. The van der Waals surface area contributed by atoms with Crippen molar-refractivity contribution in [2.75, 3.05) is 19.3 Å². The lowest BCUT2D eigenvalue weighted by molar-refractivity contribution is 0.169. The summed E-state index contributed by atoms with van der Waals surface area (Å²) >= 11 is 0. The van der Waals surface area contributed by atoms with Crippen LogP contribution in [0.1, 0.15) is 37.4 Å². The van der Waals surface area contributed by atoms with Gasteiger partial charge in [0.05, 0.1) is 5.39 Å². The molecule has 0 saturated heterocycles. The zero-order chi connectivity index (χ0) is 26.6. The highest BCUT2D eigenvalue weighted by atomic mass is 16.5. The molecule has 6 rings (SSSR count). The van der Waals surface area contributed by atoms with E-state index in [0.717, 1.165) is 78.0 Å². The molecule has 7 nitrogen and oxygen atoms in total. The van der Waals surface area contributed by atoms with Gasteiger partial charge in [-0.1, -0.05) is 36.4 Å². The average molecular weight is 519 g/mol. The third-order valence-corrected chi connectivity index (χ3v) is 7.91. The average Bonchev–Trinajstić information content (AvgIpc) is 3.38. The Balaban J connectivity index is 1.18. The molecular formula is C32H34N6O. The lowest BCUT2D eigenvalue weighted by atomic mass is 9.90.